The highest BCUT2D eigenvalue weighted by molar-refractivity contribution is 6.28. The average molecular weight is 276 g/mol. The fourth-order valence-corrected chi connectivity index (χ4v) is 2.05. The average Bonchev–Trinajstić information content (AvgIpc) is 2.38. The van der Waals surface area contributed by atoms with Crippen molar-refractivity contribution in [1.29, 1.82) is 0 Å². The van der Waals surface area contributed by atoms with Crippen molar-refractivity contribution in [2.24, 2.45) is 0 Å². The number of hydrogen-bond acceptors (Lipinski definition) is 4. The van der Waals surface area contributed by atoms with Crippen LogP contribution in [0, 0.1) is 5.82 Å². The van der Waals surface area contributed by atoms with E-state index in [1.54, 1.807) is 7.11 Å². The molecule has 0 spiro atoms. The van der Waals surface area contributed by atoms with Crippen LogP contribution in [0.15, 0.2) is 6.20 Å². The summed E-state index contributed by atoms with van der Waals surface area (Å²) in [7, 11) is 1.62. The third-order valence-corrected chi connectivity index (χ3v) is 3.07. The number of rotatable bonds is 7. The summed E-state index contributed by atoms with van der Waals surface area (Å²) < 4.78 is 18.9. The van der Waals surface area contributed by atoms with E-state index in [-0.39, 0.29) is 17.1 Å². The van der Waals surface area contributed by atoms with Gasteiger partial charge in [0.2, 0.25) is 5.28 Å². The van der Waals surface area contributed by atoms with Crippen LogP contribution in [-0.2, 0) is 4.74 Å². The number of ether oxygens (including phenoxy) is 1. The van der Waals surface area contributed by atoms with Gasteiger partial charge < -0.3 is 9.64 Å². The Hall–Kier alpha value is -0.940. The van der Waals surface area contributed by atoms with Gasteiger partial charge in [-0.15, -0.1) is 0 Å². The molecule has 18 heavy (non-hydrogen) atoms. The molecule has 0 amide bonds. The van der Waals surface area contributed by atoms with Gasteiger partial charge in [0.1, 0.15) is 0 Å². The molecule has 0 saturated heterocycles. The minimum atomic E-state index is -0.456. The Bertz CT molecular complexity index is 374. The van der Waals surface area contributed by atoms with Crippen LogP contribution in [0.25, 0.3) is 0 Å². The van der Waals surface area contributed by atoms with Crippen molar-refractivity contribution >= 4 is 17.4 Å². The summed E-state index contributed by atoms with van der Waals surface area (Å²) in [6, 6.07) is 0.209. The Morgan fingerprint density at radius 2 is 2.11 bits per heavy atom. The molecule has 0 N–H and O–H groups in total. The molecule has 0 atom stereocenters. The van der Waals surface area contributed by atoms with Gasteiger partial charge in [-0.2, -0.15) is 4.98 Å². The van der Waals surface area contributed by atoms with Crippen molar-refractivity contribution in [1.82, 2.24) is 9.97 Å². The minimum Gasteiger partial charge on any atom is -0.383 e. The molecule has 4 nitrogen and oxygen atoms in total. The first-order valence-corrected chi connectivity index (χ1v) is 6.45. The number of methoxy groups -OCH3 is 1. The van der Waals surface area contributed by atoms with Crippen molar-refractivity contribution < 1.29 is 9.13 Å². The van der Waals surface area contributed by atoms with E-state index in [1.165, 1.54) is 0 Å². The van der Waals surface area contributed by atoms with Crippen LogP contribution in [-0.4, -0.2) is 36.3 Å². The van der Waals surface area contributed by atoms with Crippen LogP contribution >= 0.6 is 11.6 Å². The highest BCUT2D eigenvalue weighted by Gasteiger charge is 2.20. The molecule has 0 fully saturated rings. The molecule has 0 saturated carbocycles. The van der Waals surface area contributed by atoms with Gasteiger partial charge in [-0.05, 0) is 24.4 Å². The molecule has 0 radical (unpaired) electrons. The maximum absolute atomic E-state index is 13.8. The summed E-state index contributed by atoms with van der Waals surface area (Å²) in [4.78, 5) is 9.52. The van der Waals surface area contributed by atoms with Gasteiger partial charge in [0.25, 0.3) is 0 Å². The number of nitrogens with zero attached hydrogens (tertiary/aromatic N) is 3. The van der Waals surface area contributed by atoms with Crippen molar-refractivity contribution in [3.05, 3.63) is 17.3 Å². The maximum atomic E-state index is 13.8. The van der Waals surface area contributed by atoms with Crippen LogP contribution in [0.5, 0.6) is 0 Å². The smallest absolute Gasteiger partial charge is 0.224 e. The van der Waals surface area contributed by atoms with Crippen molar-refractivity contribution in [2.75, 3.05) is 25.2 Å². The largest absolute Gasteiger partial charge is 0.383 e. The van der Waals surface area contributed by atoms with Gasteiger partial charge in [-0.1, -0.05) is 13.8 Å². The first-order chi connectivity index (χ1) is 8.63. The van der Waals surface area contributed by atoms with E-state index < -0.39 is 5.82 Å². The van der Waals surface area contributed by atoms with Crippen LogP contribution in [0.4, 0.5) is 10.2 Å². The van der Waals surface area contributed by atoms with Crippen molar-refractivity contribution in [3.63, 3.8) is 0 Å². The Balaban J connectivity index is 3.03. The normalized spacial score (nSPS) is 11.0. The highest BCUT2D eigenvalue weighted by atomic mass is 35.5. The molecule has 0 aliphatic heterocycles. The monoisotopic (exact) mass is 275 g/mol. The standard InChI is InChI=1S/C12H19ClFN3O/c1-4-9(5-2)17(6-7-18-3)11-10(14)8-15-12(13)16-11/h8-9H,4-7H2,1-3H3. The summed E-state index contributed by atoms with van der Waals surface area (Å²) in [5.41, 5.74) is 0. The van der Waals surface area contributed by atoms with E-state index in [0.717, 1.165) is 19.0 Å². The zero-order valence-corrected chi connectivity index (χ0v) is 11.7. The Morgan fingerprint density at radius 3 is 2.67 bits per heavy atom. The lowest BCUT2D eigenvalue weighted by molar-refractivity contribution is 0.202. The first kappa shape index (κ1) is 15.1. The first-order valence-electron chi connectivity index (χ1n) is 6.07. The van der Waals surface area contributed by atoms with Crippen molar-refractivity contribution in [3.8, 4) is 0 Å². The van der Waals surface area contributed by atoms with Crippen LogP contribution < -0.4 is 4.90 Å². The molecule has 0 bridgehead atoms. The molecule has 102 valence electrons. The second kappa shape index (κ2) is 7.48. The lowest BCUT2D eigenvalue weighted by Crippen LogP contribution is -2.38. The number of aromatic nitrogens is 2. The molecular weight excluding hydrogens is 257 g/mol. The third-order valence-electron chi connectivity index (χ3n) is 2.89. The quantitative estimate of drug-likeness (QED) is 0.717. The lowest BCUT2D eigenvalue weighted by Gasteiger charge is -2.31. The predicted molar refractivity (Wildman–Crippen MR) is 70.6 cm³/mol. The molecule has 0 unspecified atom stereocenters. The molecule has 1 aromatic rings. The third kappa shape index (κ3) is 3.78. The second-order valence-electron chi connectivity index (χ2n) is 3.97. The van der Waals surface area contributed by atoms with Gasteiger partial charge >= 0.3 is 0 Å². The van der Waals surface area contributed by atoms with E-state index in [4.69, 9.17) is 16.3 Å². The van der Waals surface area contributed by atoms with E-state index in [2.05, 4.69) is 23.8 Å². The fourth-order valence-electron chi connectivity index (χ4n) is 1.92. The highest BCUT2D eigenvalue weighted by Crippen LogP contribution is 2.22. The van der Waals surface area contributed by atoms with Crippen molar-refractivity contribution in [2.45, 2.75) is 32.7 Å². The summed E-state index contributed by atoms with van der Waals surface area (Å²) in [6.45, 7) is 5.22. The minimum absolute atomic E-state index is 0.0553. The number of halogens is 2. The SMILES string of the molecule is CCC(CC)N(CCOC)c1nc(Cl)ncc1F. The number of anilines is 1. The van der Waals surface area contributed by atoms with E-state index in [0.29, 0.717) is 13.2 Å². The topological polar surface area (TPSA) is 38.2 Å². The molecule has 0 aromatic carbocycles. The molecule has 1 heterocycles. The van der Waals surface area contributed by atoms with Gasteiger partial charge in [-0.3, -0.25) is 0 Å². The van der Waals surface area contributed by atoms with E-state index in [1.807, 2.05) is 4.90 Å². The molecule has 1 aromatic heterocycles. The predicted octanol–water partition coefficient (Wildman–Crippen LogP) is 2.91. The molecule has 0 aliphatic carbocycles. The Kier molecular flexibility index (Phi) is 6.29. The molecular formula is C12H19ClFN3O. The van der Waals surface area contributed by atoms with Gasteiger partial charge in [0.15, 0.2) is 11.6 Å². The van der Waals surface area contributed by atoms with Gasteiger partial charge in [0, 0.05) is 19.7 Å². The molecule has 1 rings (SSSR count). The van der Waals surface area contributed by atoms with Crippen LogP contribution in [0.3, 0.4) is 0 Å². The lowest BCUT2D eigenvalue weighted by atomic mass is 10.1. The Morgan fingerprint density at radius 1 is 1.44 bits per heavy atom. The summed E-state index contributed by atoms with van der Waals surface area (Å²) in [5.74, 6) is -0.205. The van der Waals surface area contributed by atoms with Gasteiger partial charge in [0.05, 0.1) is 12.8 Å². The summed E-state index contributed by atoms with van der Waals surface area (Å²) in [6.07, 6.45) is 2.91. The zero-order chi connectivity index (χ0) is 13.5. The fraction of sp³-hybridized carbons (Fsp3) is 0.667. The van der Waals surface area contributed by atoms with Crippen LogP contribution in [0.1, 0.15) is 26.7 Å². The van der Waals surface area contributed by atoms with E-state index >= 15 is 0 Å². The molecule has 0 aliphatic rings. The number of hydrogen-bond donors (Lipinski definition) is 0. The zero-order valence-electron chi connectivity index (χ0n) is 11.0. The molecule has 6 heteroatoms. The maximum Gasteiger partial charge on any atom is 0.224 e. The summed E-state index contributed by atoms with van der Waals surface area (Å²) >= 11 is 5.74. The van der Waals surface area contributed by atoms with Gasteiger partial charge in [-0.25, -0.2) is 9.37 Å². The van der Waals surface area contributed by atoms with E-state index in [9.17, 15) is 4.39 Å². The Labute approximate surface area is 112 Å². The summed E-state index contributed by atoms with van der Waals surface area (Å²) in [5, 5.41) is 0.0553. The van der Waals surface area contributed by atoms with Crippen LogP contribution in [0.2, 0.25) is 5.28 Å². The second-order valence-corrected chi connectivity index (χ2v) is 4.31.